The van der Waals surface area contributed by atoms with E-state index < -0.39 is 10.1 Å². The molecule has 0 N–H and O–H groups in total. The second kappa shape index (κ2) is 7.62. The molecular weight excluding hydrogens is 441 g/mol. The lowest BCUT2D eigenvalue weighted by Crippen LogP contribution is -2.12. The van der Waals surface area contributed by atoms with Crippen LogP contribution in [0.15, 0.2) is 39.7 Å². The van der Waals surface area contributed by atoms with Gasteiger partial charge in [-0.2, -0.15) is 13.7 Å². The van der Waals surface area contributed by atoms with Gasteiger partial charge in [0.15, 0.2) is 11.5 Å². The highest BCUT2D eigenvalue weighted by atomic mass is 79.9. The maximum Gasteiger partial charge on any atom is 0.340 e. The molecular formula is C15H10BrCl2NO4S. The second-order valence-corrected chi connectivity index (χ2v) is 7.66. The zero-order chi connectivity index (χ0) is 17.9. The van der Waals surface area contributed by atoms with Crippen molar-refractivity contribution in [2.45, 2.75) is 11.8 Å². The van der Waals surface area contributed by atoms with Crippen molar-refractivity contribution in [1.29, 1.82) is 5.26 Å². The van der Waals surface area contributed by atoms with E-state index in [9.17, 15) is 8.42 Å². The molecule has 2 aromatic rings. The lowest BCUT2D eigenvalue weighted by atomic mass is 10.2. The predicted octanol–water partition coefficient (Wildman–Crippen LogP) is 4.79. The zero-order valence-electron chi connectivity index (χ0n) is 12.2. The summed E-state index contributed by atoms with van der Waals surface area (Å²) in [7, 11) is -4.26. The van der Waals surface area contributed by atoms with E-state index in [0.29, 0.717) is 0 Å². The molecule has 0 aliphatic heterocycles. The molecule has 5 nitrogen and oxygen atoms in total. The van der Waals surface area contributed by atoms with E-state index in [-0.39, 0.29) is 43.1 Å². The Morgan fingerprint density at radius 3 is 2.58 bits per heavy atom. The Bertz CT molecular complexity index is 926. The van der Waals surface area contributed by atoms with Crippen molar-refractivity contribution in [3.8, 4) is 17.6 Å². The summed E-state index contributed by atoms with van der Waals surface area (Å²) in [4.78, 5) is -0.268. The molecule has 9 heteroatoms. The molecule has 2 aromatic carbocycles. The van der Waals surface area contributed by atoms with Crippen molar-refractivity contribution in [3.05, 3.63) is 50.4 Å². The minimum Gasteiger partial charge on any atom is -0.490 e. The molecule has 0 aliphatic carbocycles. The molecule has 0 bridgehead atoms. The number of nitriles is 1. The Hall–Kier alpha value is -1.46. The van der Waals surface area contributed by atoms with Crippen molar-refractivity contribution in [3.63, 3.8) is 0 Å². The van der Waals surface area contributed by atoms with E-state index in [0.717, 1.165) is 0 Å². The van der Waals surface area contributed by atoms with Crippen LogP contribution in [0.25, 0.3) is 0 Å². The Labute approximate surface area is 158 Å². The highest BCUT2D eigenvalue weighted by molar-refractivity contribution is 9.10. The molecule has 0 saturated heterocycles. The van der Waals surface area contributed by atoms with Gasteiger partial charge in [-0.15, -0.1) is 0 Å². The van der Waals surface area contributed by atoms with Gasteiger partial charge in [0.1, 0.15) is 4.90 Å². The van der Waals surface area contributed by atoms with Crippen molar-refractivity contribution < 1.29 is 17.3 Å². The molecule has 0 fully saturated rings. The molecule has 0 saturated carbocycles. The summed E-state index contributed by atoms with van der Waals surface area (Å²) < 4.78 is 35.9. The monoisotopic (exact) mass is 449 g/mol. The van der Waals surface area contributed by atoms with Crippen molar-refractivity contribution in [1.82, 2.24) is 0 Å². The molecule has 0 aliphatic rings. The van der Waals surface area contributed by atoms with Gasteiger partial charge in [-0.05, 0) is 47.1 Å². The molecule has 0 spiro atoms. The first-order valence-corrected chi connectivity index (χ1v) is 9.50. The molecule has 0 heterocycles. The Morgan fingerprint density at radius 2 is 1.96 bits per heavy atom. The minimum absolute atomic E-state index is 0.0258. The van der Waals surface area contributed by atoms with Crippen LogP contribution in [0.3, 0.4) is 0 Å². The van der Waals surface area contributed by atoms with Gasteiger partial charge in [0.25, 0.3) is 0 Å². The average molecular weight is 451 g/mol. The summed E-state index contributed by atoms with van der Waals surface area (Å²) in [5.41, 5.74) is 0.288. The largest absolute Gasteiger partial charge is 0.490 e. The van der Waals surface area contributed by atoms with E-state index in [1.54, 1.807) is 6.92 Å². The van der Waals surface area contributed by atoms with Crippen LogP contribution in [-0.2, 0) is 10.1 Å². The van der Waals surface area contributed by atoms with E-state index in [1.807, 2.05) is 6.07 Å². The van der Waals surface area contributed by atoms with Gasteiger partial charge in [0.05, 0.1) is 27.7 Å². The predicted molar refractivity (Wildman–Crippen MR) is 94.3 cm³/mol. The highest BCUT2D eigenvalue weighted by Gasteiger charge is 2.25. The number of nitrogens with zero attached hydrogens (tertiary/aromatic N) is 1. The second-order valence-electron chi connectivity index (χ2n) is 4.44. The molecule has 0 unspecified atom stereocenters. The fraction of sp³-hybridized carbons (Fsp3) is 0.133. The first-order chi connectivity index (χ1) is 11.3. The molecule has 0 amide bonds. The summed E-state index contributed by atoms with van der Waals surface area (Å²) in [5.74, 6) is 0.0389. The fourth-order valence-corrected chi connectivity index (χ4v) is 4.13. The molecule has 0 radical (unpaired) electrons. The Balaban J connectivity index is 2.54. The normalized spacial score (nSPS) is 11.0. The maximum atomic E-state index is 12.5. The first-order valence-electron chi connectivity index (χ1n) is 6.54. The van der Waals surface area contributed by atoms with E-state index >= 15 is 0 Å². The number of hydrogen-bond acceptors (Lipinski definition) is 5. The number of ether oxygens (including phenoxy) is 1. The number of rotatable bonds is 5. The summed E-state index contributed by atoms with van der Waals surface area (Å²) in [5, 5.41) is 9.18. The van der Waals surface area contributed by atoms with Crippen LogP contribution in [-0.4, -0.2) is 15.0 Å². The van der Waals surface area contributed by atoms with Gasteiger partial charge in [-0.3, -0.25) is 0 Å². The zero-order valence-corrected chi connectivity index (χ0v) is 16.1. The van der Waals surface area contributed by atoms with E-state index in [2.05, 4.69) is 15.9 Å². The van der Waals surface area contributed by atoms with Crippen LogP contribution in [0, 0.1) is 11.3 Å². The smallest absolute Gasteiger partial charge is 0.340 e. The SMILES string of the molecule is CCOc1cc(C#N)cc(Br)c1OS(=O)(=O)c1cc(Cl)ccc1Cl. The van der Waals surface area contributed by atoms with Crippen LogP contribution >= 0.6 is 39.1 Å². The summed E-state index contributed by atoms with van der Waals surface area (Å²) in [6.45, 7) is 1.98. The maximum absolute atomic E-state index is 12.5. The third-order valence-corrected chi connectivity index (χ3v) is 5.32. The van der Waals surface area contributed by atoms with Gasteiger partial charge >= 0.3 is 10.1 Å². The lowest BCUT2D eigenvalue weighted by Gasteiger charge is -2.14. The van der Waals surface area contributed by atoms with Gasteiger partial charge in [-0.25, -0.2) is 0 Å². The van der Waals surface area contributed by atoms with Gasteiger partial charge in [-0.1, -0.05) is 23.2 Å². The molecule has 126 valence electrons. The van der Waals surface area contributed by atoms with Gasteiger partial charge in [0.2, 0.25) is 0 Å². The minimum atomic E-state index is -4.26. The van der Waals surface area contributed by atoms with Crippen LogP contribution in [0.5, 0.6) is 11.5 Å². The summed E-state index contributed by atoms with van der Waals surface area (Å²) >= 11 is 14.9. The van der Waals surface area contributed by atoms with Crippen molar-refractivity contribution in [2.75, 3.05) is 6.61 Å². The number of hydrogen-bond donors (Lipinski definition) is 0. The Morgan fingerprint density at radius 1 is 1.25 bits per heavy atom. The fourth-order valence-electron chi connectivity index (χ4n) is 1.80. The quantitative estimate of drug-likeness (QED) is 0.611. The first kappa shape index (κ1) is 18.9. The van der Waals surface area contributed by atoms with Crippen molar-refractivity contribution in [2.24, 2.45) is 0 Å². The number of benzene rings is 2. The van der Waals surface area contributed by atoms with Crippen LogP contribution in [0.1, 0.15) is 12.5 Å². The lowest BCUT2D eigenvalue weighted by molar-refractivity contribution is 0.327. The third-order valence-electron chi connectivity index (χ3n) is 2.79. The van der Waals surface area contributed by atoms with Crippen LogP contribution in [0.2, 0.25) is 10.0 Å². The molecule has 24 heavy (non-hydrogen) atoms. The van der Waals surface area contributed by atoms with Gasteiger partial charge in [0, 0.05) is 11.1 Å². The summed E-state index contributed by atoms with van der Waals surface area (Å²) in [6, 6.07) is 8.78. The van der Waals surface area contributed by atoms with Crippen LogP contribution in [0.4, 0.5) is 0 Å². The summed E-state index contributed by atoms with van der Waals surface area (Å²) in [6.07, 6.45) is 0. The van der Waals surface area contributed by atoms with E-state index in [1.165, 1.54) is 30.3 Å². The van der Waals surface area contributed by atoms with Gasteiger partial charge < -0.3 is 8.92 Å². The van der Waals surface area contributed by atoms with Crippen molar-refractivity contribution >= 4 is 49.2 Å². The standard InChI is InChI=1S/C15H10BrCl2NO4S/c1-2-22-13-6-9(8-19)5-11(16)15(13)23-24(20,21)14-7-10(17)3-4-12(14)18/h3-7H,2H2,1H3. The Kier molecular flexibility index (Phi) is 5.99. The topological polar surface area (TPSA) is 76.4 Å². The highest BCUT2D eigenvalue weighted by Crippen LogP contribution is 2.39. The molecule has 2 rings (SSSR count). The average Bonchev–Trinajstić information content (AvgIpc) is 2.52. The number of halogens is 3. The molecule has 0 aromatic heterocycles. The molecule has 0 atom stereocenters. The third kappa shape index (κ3) is 4.14. The van der Waals surface area contributed by atoms with E-state index in [4.69, 9.17) is 37.4 Å². The van der Waals surface area contributed by atoms with Crippen LogP contribution < -0.4 is 8.92 Å².